The predicted octanol–water partition coefficient (Wildman–Crippen LogP) is 0.833. The number of carbonyl (C=O) groups excluding carboxylic acids is 2. The number of sulfonamides is 1. The summed E-state index contributed by atoms with van der Waals surface area (Å²) in [6, 6.07) is 3.83. The van der Waals surface area contributed by atoms with E-state index in [0.29, 0.717) is 13.2 Å². The van der Waals surface area contributed by atoms with Crippen LogP contribution in [-0.2, 0) is 29.0 Å². The molecule has 136 valence electrons. The summed E-state index contributed by atoms with van der Waals surface area (Å²) in [5.41, 5.74) is -0.00376. The fourth-order valence-electron chi connectivity index (χ4n) is 2.54. The van der Waals surface area contributed by atoms with Crippen LogP contribution < -0.4 is 0 Å². The molecule has 0 aromatic heterocycles. The third kappa shape index (κ3) is 3.79. The lowest BCUT2D eigenvalue weighted by molar-refractivity contribution is -0.145. The van der Waals surface area contributed by atoms with Gasteiger partial charge in [0.15, 0.2) is 0 Å². The van der Waals surface area contributed by atoms with Crippen molar-refractivity contribution in [1.29, 1.82) is 0 Å². The number of esters is 2. The number of ether oxygens (including phenoxy) is 3. The molecule has 2 fully saturated rings. The fraction of sp³-hybridized carbons (Fsp3) is 0.467. The Bertz CT molecular complexity index is 789. The van der Waals surface area contributed by atoms with Crippen molar-refractivity contribution < 1.29 is 32.2 Å². The Morgan fingerprint density at radius 2 is 1.96 bits per heavy atom. The summed E-state index contributed by atoms with van der Waals surface area (Å²) in [5, 5.41) is 0.00307. The molecule has 0 radical (unpaired) electrons. The minimum atomic E-state index is -3.86. The van der Waals surface area contributed by atoms with E-state index in [0.717, 1.165) is 6.07 Å². The van der Waals surface area contributed by atoms with Crippen LogP contribution in [0.25, 0.3) is 0 Å². The average Bonchev–Trinajstić information content (AvgIpc) is 3.00. The molecular weight excluding hydrogens is 374 g/mol. The van der Waals surface area contributed by atoms with E-state index >= 15 is 0 Å². The SMILES string of the molecule is O=C(O[C@H]1CCOC1=O)c1ccc(Cl)c(S(=O)(=O)N2CCOCC2)c1. The molecular formula is C15H16ClNO7S. The van der Waals surface area contributed by atoms with Crippen molar-refractivity contribution in [3.8, 4) is 0 Å². The zero-order valence-electron chi connectivity index (χ0n) is 13.1. The third-order valence-electron chi connectivity index (χ3n) is 3.89. The molecule has 2 heterocycles. The largest absolute Gasteiger partial charge is 0.463 e. The molecule has 0 saturated carbocycles. The molecule has 25 heavy (non-hydrogen) atoms. The Labute approximate surface area is 149 Å². The van der Waals surface area contributed by atoms with E-state index in [-0.39, 0.29) is 41.6 Å². The Morgan fingerprint density at radius 1 is 1.24 bits per heavy atom. The van der Waals surface area contributed by atoms with Gasteiger partial charge in [-0.15, -0.1) is 0 Å². The first-order chi connectivity index (χ1) is 11.9. The first kappa shape index (κ1) is 18.1. The van der Waals surface area contributed by atoms with Crippen LogP contribution in [-0.4, -0.2) is 63.7 Å². The predicted molar refractivity (Wildman–Crippen MR) is 85.8 cm³/mol. The summed E-state index contributed by atoms with van der Waals surface area (Å²) in [5.74, 6) is -1.41. The quantitative estimate of drug-likeness (QED) is 0.703. The molecule has 0 bridgehead atoms. The number of hydrogen-bond acceptors (Lipinski definition) is 7. The lowest BCUT2D eigenvalue weighted by Crippen LogP contribution is -2.40. The molecule has 0 N–H and O–H groups in total. The highest BCUT2D eigenvalue weighted by atomic mass is 35.5. The summed E-state index contributed by atoms with van der Waals surface area (Å²) in [7, 11) is -3.86. The summed E-state index contributed by atoms with van der Waals surface area (Å²) in [4.78, 5) is 23.4. The van der Waals surface area contributed by atoms with Crippen molar-refractivity contribution in [2.45, 2.75) is 17.4 Å². The number of morpholine rings is 1. The lowest BCUT2D eigenvalue weighted by atomic mass is 10.2. The van der Waals surface area contributed by atoms with Crippen molar-refractivity contribution in [2.75, 3.05) is 32.9 Å². The number of rotatable bonds is 4. The second-order valence-electron chi connectivity index (χ2n) is 5.51. The smallest absolute Gasteiger partial charge is 0.347 e. The van der Waals surface area contributed by atoms with Crippen LogP contribution in [0.3, 0.4) is 0 Å². The van der Waals surface area contributed by atoms with Gasteiger partial charge in [-0.1, -0.05) is 11.6 Å². The highest BCUT2D eigenvalue weighted by Crippen LogP contribution is 2.27. The molecule has 8 nitrogen and oxygen atoms in total. The Balaban J connectivity index is 1.84. The van der Waals surface area contributed by atoms with Gasteiger partial charge in [0, 0.05) is 19.5 Å². The van der Waals surface area contributed by atoms with Crippen molar-refractivity contribution in [3.05, 3.63) is 28.8 Å². The normalized spacial score (nSPS) is 21.8. The highest BCUT2D eigenvalue weighted by molar-refractivity contribution is 7.89. The number of hydrogen-bond donors (Lipinski definition) is 0. The number of carbonyl (C=O) groups is 2. The summed E-state index contributed by atoms with van der Waals surface area (Å²) >= 11 is 6.03. The average molecular weight is 390 g/mol. The number of halogens is 1. The summed E-state index contributed by atoms with van der Waals surface area (Å²) in [6.07, 6.45) is -0.695. The van der Waals surface area contributed by atoms with E-state index in [4.69, 9.17) is 25.8 Å². The van der Waals surface area contributed by atoms with E-state index in [1.54, 1.807) is 0 Å². The van der Waals surface area contributed by atoms with Gasteiger partial charge in [0.1, 0.15) is 4.90 Å². The maximum Gasteiger partial charge on any atom is 0.347 e. The van der Waals surface area contributed by atoms with E-state index < -0.39 is 28.1 Å². The molecule has 0 aliphatic carbocycles. The molecule has 0 amide bonds. The summed E-state index contributed by atoms with van der Waals surface area (Å²) < 4.78 is 41.7. The van der Waals surface area contributed by atoms with Gasteiger partial charge in [-0.3, -0.25) is 0 Å². The zero-order chi connectivity index (χ0) is 18.0. The van der Waals surface area contributed by atoms with Gasteiger partial charge in [0.25, 0.3) is 0 Å². The topological polar surface area (TPSA) is 99.2 Å². The minimum Gasteiger partial charge on any atom is -0.463 e. The maximum absolute atomic E-state index is 12.7. The number of nitrogens with zero attached hydrogens (tertiary/aromatic N) is 1. The second kappa shape index (κ2) is 7.28. The van der Waals surface area contributed by atoms with Crippen LogP contribution in [0.1, 0.15) is 16.8 Å². The van der Waals surface area contributed by atoms with Gasteiger partial charge in [-0.05, 0) is 18.2 Å². The molecule has 0 spiro atoms. The van der Waals surface area contributed by atoms with Gasteiger partial charge >= 0.3 is 11.9 Å². The lowest BCUT2D eigenvalue weighted by Gasteiger charge is -2.26. The van der Waals surface area contributed by atoms with Gasteiger partial charge < -0.3 is 14.2 Å². The first-order valence-corrected chi connectivity index (χ1v) is 9.46. The van der Waals surface area contributed by atoms with E-state index in [1.807, 2.05) is 0 Å². The van der Waals surface area contributed by atoms with Gasteiger partial charge in [-0.25, -0.2) is 18.0 Å². The van der Waals surface area contributed by atoms with Crippen molar-refractivity contribution in [1.82, 2.24) is 4.31 Å². The molecule has 1 aromatic carbocycles. The van der Waals surface area contributed by atoms with Crippen molar-refractivity contribution in [2.24, 2.45) is 0 Å². The van der Waals surface area contributed by atoms with Crippen LogP contribution >= 0.6 is 11.6 Å². The van der Waals surface area contributed by atoms with Gasteiger partial charge in [0.2, 0.25) is 16.1 Å². The van der Waals surface area contributed by atoms with Crippen LogP contribution in [0, 0.1) is 0 Å². The van der Waals surface area contributed by atoms with Crippen molar-refractivity contribution >= 4 is 33.6 Å². The number of benzene rings is 1. The van der Waals surface area contributed by atoms with E-state index in [9.17, 15) is 18.0 Å². The third-order valence-corrected chi connectivity index (χ3v) is 6.27. The molecule has 1 atom stereocenters. The molecule has 10 heteroatoms. The minimum absolute atomic E-state index is 0.00307. The van der Waals surface area contributed by atoms with Gasteiger partial charge in [0.05, 0.1) is 30.4 Å². The molecule has 0 unspecified atom stereocenters. The monoisotopic (exact) mass is 389 g/mol. The standard InChI is InChI=1S/C15H16ClNO7S/c16-11-2-1-10(14(18)24-12-3-6-23-15(12)19)9-13(11)25(20,21)17-4-7-22-8-5-17/h1-2,9,12H,3-8H2/t12-/m0/s1. The van der Waals surface area contributed by atoms with Crippen LogP contribution in [0.4, 0.5) is 0 Å². The fourth-order valence-corrected chi connectivity index (χ4v) is 4.44. The van der Waals surface area contributed by atoms with Crippen LogP contribution in [0.2, 0.25) is 5.02 Å². The van der Waals surface area contributed by atoms with Gasteiger partial charge in [-0.2, -0.15) is 4.31 Å². The Kier molecular flexibility index (Phi) is 5.28. The Morgan fingerprint density at radius 3 is 2.60 bits per heavy atom. The Hall–Kier alpha value is -1.68. The molecule has 3 rings (SSSR count). The maximum atomic E-state index is 12.7. The second-order valence-corrected chi connectivity index (χ2v) is 7.83. The molecule has 2 aliphatic heterocycles. The molecule has 2 aliphatic rings. The van der Waals surface area contributed by atoms with Crippen LogP contribution in [0.5, 0.6) is 0 Å². The van der Waals surface area contributed by atoms with E-state index in [1.165, 1.54) is 16.4 Å². The molecule has 2 saturated heterocycles. The zero-order valence-corrected chi connectivity index (χ0v) is 14.7. The highest BCUT2D eigenvalue weighted by Gasteiger charge is 2.32. The van der Waals surface area contributed by atoms with Crippen LogP contribution in [0.15, 0.2) is 23.1 Å². The molecule has 1 aromatic rings. The van der Waals surface area contributed by atoms with Crippen molar-refractivity contribution in [3.63, 3.8) is 0 Å². The first-order valence-electron chi connectivity index (χ1n) is 7.64. The summed E-state index contributed by atoms with van der Waals surface area (Å²) in [6.45, 7) is 1.20. The van der Waals surface area contributed by atoms with E-state index in [2.05, 4.69) is 0 Å². The number of cyclic esters (lactones) is 1.